The first-order valence-corrected chi connectivity index (χ1v) is 9.77. The summed E-state index contributed by atoms with van der Waals surface area (Å²) in [5.74, 6) is 0.967. The van der Waals surface area contributed by atoms with Crippen molar-refractivity contribution in [2.75, 3.05) is 13.2 Å². The van der Waals surface area contributed by atoms with E-state index in [1.165, 1.54) is 42.0 Å². The van der Waals surface area contributed by atoms with Gasteiger partial charge in [-0.15, -0.1) is 0 Å². The molecule has 0 heterocycles. The third-order valence-corrected chi connectivity index (χ3v) is 4.78. The summed E-state index contributed by atoms with van der Waals surface area (Å²) in [5, 5.41) is 15.3. The van der Waals surface area contributed by atoms with Crippen molar-refractivity contribution in [2.24, 2.45) is 0 Å². The Balaban J connectivity index is 2.07. The van der Waals surface area contributed by atoms with Gasteiger partial charge in [0.15, 0.2) is 0 Å². The van der Waals surface area contributed by atoms with E-state index in [1.807, 2.05) is 0 Å². The van der Waals surface area contributed by atoms with Crippen LogP contribution >= 0.6 is 0 Å². The molecule has 0 saturated heterocycles. The summed E-state index contributed by atoms with van der Waals surface area (Å²) in [6.45, 7) is 5.97. The molecule has 3 nitrogen and oxygen atoms in total. The van der Waals surface area contributed by atoms with E-state index in [0.717, 1.165) is 25.2 Å². The molecule has 0 aliphatic carbocycles. The van der Waals surface area contributed by atoms with Crippen LogP contribution < -0.4 is 10.1 Å². The van der Waals surface area contributed by atoms with Gasteiger partial charge in [-0.25, -0.2) is 0 Å². The molecule has 1 unspecified atom stereocenters. The number of rotatable bonds is 12. The first-order chi connectivity index (χ1) is 12.3. The molecule has 2 rings (SSSR count). The van der Waals surface area contributed by atoms with Crippen LogP contribution in [0.1, 0.15) is 57.9 Å². The maximum absolute atomic E-state index is 9.44. The summed E-state index contributed by atoms with van der Waals surface area (Å²) in [7, 11) is 0. The molecule has 0 bridgehead atoms. The van der Waals surface area contributed by atoms with Gasteiger partial charge < -0.3 is 15.2 Å². The molecule has 3 heteroatoms. The van der Waals surface area contributed by atoms with Crippen molar-refractivity contribution >= 4 is 10.8 Å². The first kappa shape index (κ1) is 19.7. The van der Waals surface area contributed by atoms with Crippen LogP contribution in [0.4, 0.5) is 0 Å². The summed E-state index contributed by atoms with van der Waals surface area (Å²) >= 11 is 0. The van der Waals surface area contributed by atoms with Crippen molar-refractivity contribution < 1.29 is 9.84 Å². The van der Waals surface area contributed by atoms with Crippen LogP contribution in [0.25, 0.3) is 10.8 Å². The molecule has 2 aromatic rings. The lowest BCUT2D eigenvalue weighted by Gasteiger charge is -2.18. The fourth-order valence-electron chi connectivity index (χ4n) is 3.11. The van der Waals surface area contributed by atoms with Crippen molar-refractivity contribution in [2.45, 2.75) is 65.0 Å². The predicted molar refractivity (Wildman–Crippen MR) is 106 cm³/mol. The Morgan fingerprint density at radius 2 is 1.80 bits per heavy atom. The number of ether oxygens (including phenoxy) is 1. The van der Waals surface area contributed by atoms with Crippen LogP contribution in [0.15, 0.2) is 36.4 Å². The smallest absolute Gasteiger partial charge is 0.124 e. The standard InChI is InChI=1S/C22H33NO2/c1-3-5-6-7-10-15-25-22-14-13-18-11-8-9-12-20(18)21(22)16-23-19(4-2)17-24/h8-9,11-14,19,23-24H,3-7,10,15-17H2,1-2H3. The fourth-order valence-corrected chi connectivity index (χ4v) is 3.11. The van der Waals surface area contributed by atoms with Crippen molar-refractivity contribution in [1.29, 1.82) is 0 Å². The minimum Gasteiger partial charge on any atom is -0.493 e. The summed E-state index contributed by atoms with van der Waals surface area (Å²) in [6.07, 6.45) is 7.12. The Hall–Kier alpha value is -1.58. The minimum atomic E-state index is 0.126. The highest BCUT2D eigenvalue weighted by atomic mass is 16.5. The average Bonchev–Trinajstić information content (AvgIpc) is 2.66. The van der Waals surface area contributed by atoms with Crippen molar-refractivity contribution in [3.05, 3.63) is 42.0 Å². The molecule has 25 heavy (non-hydrogen) atoms. The number of hydrogen-bond donors (Lipinski definition) is 2. The van der Waals surface area contributed by atoms with E-state index in [0.29, 0.717) is 6.54 Å². The van der Waals surface area contributed by atoms with Gasteiger partial charge in [0.05, 0.1) is 13.2 Å². The number of benzene rings is 2. The molecule has 0 aliphatic heterocycles. The zero-order valence-corrected chi connectivity index (χ0v) is 15.8. The predicted octanol–water partition coefficient (Wildman–Crippen LogP) is 5.05. The Kier molecular flexibility index (Phi) is 8.78. The van der Waals surface area contributed by atoms with E-state index in [1.54, 1.807) is 0 Å². The number of fused-ring (bicyclic) bond motifs is 1. The molecule has 0 radical (unpaired) electrons. The van der Waals surface area contributed by atoms with Crippen LogP contribution in [-0.4, -0.2) is 24.4 Å². The maximum atomic E-state index is 9.44. The fraction of sp³-hybridized carbons (Fsp3) is 0.545. The van der Waals surface area contributed by atoms with Gasteiger partial charge in [0.2, 0.25) is 0 Å². The number of unbranched alkanes of at least 4 members (excludes halogenated alkanes) is 4. The van der Waals surface area contributed by atoms with Crippen LogP contribution in [0.3, 0.4) is 0 Å². The molecule has 1 atom stereocenters. The molecule has 2 N–H and O–H groups in total. The zero-order chi connectivity index (χ0) is 17.9. The van der Waals surface area contributed by atoms with Gasteiger partial charge in [-0.3, -0.25) is 0 Å². The molecular weight excluding hydrogens is 310 g/mol. The largest absolute Gasteiger partial charge is 0.493 e. The topological polar surface area (TPSA) is 41.5 Å². The van der Waals surface area contributed by atoms with E-state index in [4.69, 9.17) is 4.74 Å². The van der Waals surface area contributed by atoms with Crippen molar-refractivity contribution in [3.8, 4) is 5.75 Å². The van der Waals surface area contributed by atoms with E-state index >= 15 is 0 Å². The SMILES string of the molecule is CCCCCCCOc1ccc2ccccc2c1CNC(CC)CO. The van der Waals surface area contributed by atoms with Crippen molar-refractivity contribution in [3.63, 3.8) is 0 Å². The molecule has 0 saturated carbocycles. The Morgan fingerprint density at radius 3 is 2.56 bits per heavy atom. The van der Waals surface area contributed by atoms with Crippen LogP contribution in [0.2, 0.25) is 0 Å². The molecule has 0 aromatic heterocycles. The summed E-state index contributed by atoms with van der Waals surface area (Å²) in [5.41, 5.74) is 1.19. The molecule has 0 amide bonds. The zero-order valence-electron chi connectivity index (χ0n) is 15.8. The molecular formula is C22H33NO2. The monoisotopic (exact) mass is 343 g/mol. The highest BCUT2D eigenvalue weighted by Gasteiger charge is 2.11. The Bertz CT molecular complexity index is 622. The molecule has 0 spiro atoms. The van der Waals surface area contributed by atoms with E-state index in [2.05, 4.69) is 55.6 Å². The molecule has 0 aliphatic rings. The van der Waals surface area contributed by atoms with Gasteiger partial charge in [0.1, 0.15) is 5.75 Å². The van der Waals surface area contributed by atoms with Crippen molar-refractivity contribution in [1.82, 2.24) is 5.32 Å². The second kappa shape index (κ2) is 11.1. The molecule has 0 fully saturated rings. The number of aliphatic hydroxyl groups excluding tert-OH is 1. The molecule has 2 aromatic carbocycles. The second-order valence-corrected chi connectivity index (χ2v) is 6.69. The first-order valence-electron chi connectivity index (χ1n) is 9.77. The lowest BCUT2D eigenvalue weighted by molar-refractivity contribution is 0.237. The number of nitrogens with one attached hydrogen (secondary N) is 1. The van der Waals surface area contributed by atoms with Gasteiger partial charge in [0.25, 0.3) is 0 Å². The quantitative estimate of drug-likeness (QED) is 0.530. The summed E-state index contributed by atoms with van der Waals surface area (Å²) in [4.78, 5) is 0. The van der Waals surface area contributed by atoms with E-state index in [-0.39, 0.29) is 12.6 Å². The third-order valence-electron chi connectivity index (χ3n) is 4.78. The number of aliphatic hydroxyl groups is 1. The second-order valence-electron chi connectivity index (χ2n) is 6.69. The number of hydrogen-bond acceptors (Lipinski definition) is 3. The van der Waals surface area contributed by atoms with Crippen LogP contribution in [-0.2, 0) is 6.54 Å². The average molecular weight is 344 g/mol. The normalized spacial score (nSPS) is 12.4. The van der Waals surface area contributed by atoms with Crippen LogP contribution in [0, 0.1) is 0 Å². The summed E-state index contributed by atoms with van der Waals surface area (Å²) < 4.78 is 6.12. The van der Waals surface area contributed by atoms with Crippen LogP contribution in [0.5, 0.6) is 5.75 Å². The van der Waals surface area contributed by atoms with Gasteiger partial charge >= 0.3 is 0 Å². The third kappa shape index (κ3) is 6.02. The minimum absolute atomic E-state index is 0.126. The highest BCUT2D eigenvalue weighted by Crippen LogP contribution is 2.28. The van der Waals surface area contributed by atoms with Gasteiger partial charge in [0, 0.05) is 18.2 Å². The van der Waals surface area contributed by atoms with Gasteiger partial charge in [-0.05, 0) is 29.7 Å². The lowest BCUT2D eigenvalue weighted by atomic mass is 10.0. The Morgan fingerprint density at radius 1 is 1.00 bits per heavy atom. The van der Waals surface area contributed by atoms with E-state index in [9.17, 15) is 5.11 Å². The maximum Gasteiger partial charge on any atom is 0.124 e. The van der Waals surface area contributed by atoms with Gasteiger partial charge in [-0.2, -0.15) is 0 Å². The lowest BCUT2D eigenvalue weighted by Crippen LogP contribution is -2.31. The van der Waals surface area contributed by atoms with Gasteiger partial charge in [-0.1, -0.05) is 69.9 Å². The van der Waals surface area contributed by atoms with E-state index < -0.39 is 0 Å². The molecule has 138 valence electrons. The highest BCUT2D eigenvalue weighted by molar-refractivity contribution is 5.87. The summed E-state index contributed by atoms with van der Waals surface area (Å²) in [6, 6.07) is 12.8. The Labute approximate surface area is 152 Å².